The molecule has 22 heavy (non-hydrogen) atoms. The molecule has 116 valence electrons. The average Bonchev–Trinajstić information content (AvgIpc) is 2.84. The lowest BCUT2D eigenvalue weighted by Crippen LogP contribution is -2.10. The molecule has 1 heterocycles. The Morgan fingerprint density at radius 2 is 2.36 bits per heavy atom. The van der Waals surface area contributed by atoms with Crippen LogP contribution < -0.4 is 9.47 Å². The van der Waals surface area contributed by atoms with Gasteiger partial charge in [-0.05, 0) is 39.0 Å². The zero-order valence-corrected chi connectivity index (χ0v) is 13.0. The van der Waals surface area contributed by atoms with Crippen LogP contribution in [-0.2, 0) is 16.0 Å². The summed E-state index contributed by atoms with van der Waals surface area (Å²) in [4.78, 5) is 11.6. The highest BCUT2D eigenvalue weighted by Crippen LogP contribution is 2.35. The summed E-state index contributed by atoms with van der Waals surface area (Å²) < 4.78 is 16.2. The van der Waals surface area contributed by atoms with E-state index in [9.17, 15) is 4.79 Å². The van der Waals surface area contributed by atoms with Crippen molar-refractivity contribution in [2.24, 2.45) is 0 Å². The van der Waals surface area contributed by atoms with Gasteiger partial charge in [0.05, 0.1) is 6.61 Å². The predicted octanol–water partition coefficient (Wildman–Crippen LogP) is 2.88. The monoisotopic (exact) mass is 301 g/mol. The summed E-state index contributed by atoms with van der Waals surface area (Å²) >= 11 is 0. The number of ether oxygens (including phenoxy) is 3. The van der Waals surface area contributed by atoms with Crippen molar-refractivity contribution >= 4 is 12.0 Å². The van der Waals surface area contributed by atoms with Crippen LogP contribution >= 0.6 is 0 Å². The van der Waals surface area contributed by atoms with Crippen LogP contribution in [0.15, 0.2) is 18.2 Å². The summed E-state index contributed by atoms with van der Waals surface area (Å²) in [5.41, 5.74) is 1.85. The molecule has 5 nitrogen and oxygen atoms in total. The molecule has 0 spiro atoms. The third kappa shape index (κ3) is 3.79. The van der Waals surface area contributed by atoms with Gasteiger partial charge in [0.2, 0.25) is 0 Å². The van der Waals surface area contributed by atoms with Crippen LogP contribution in [0, 0.1) is 11.3 Å². The number of nitrogens with zero attached hydrogens (tertiary/aromatic N) is 1. The Morgan fingerprint density at radius 1 is 1.59 bits per heavy atom. The Kier molecular flexibility index (Phi) is 5.05. The summed E-state index contributed by atoms with van der Waals surface area (Å²) in [6, 6.07) is 5.65. The number of hydrogen-bond donors (Lipinski definition) is 0. The number of esters is 1. The van der Waals surface area contributed by atoms with Gasteiger partial charge in [0.15, 0.2) is 6.10 Å². The Morgan fingerprint density at radius 3 is 3.05 bits per heavy atom. The van der Waals surface area contributed by atoms with E-state index in [-0.39, 0.29) is 6.10 Å². The first kappa shape index (κ1) is 15.9. The number of hydrogen-bond acceptors (Lipinski definition) is 5. The molecule has 1 aliphatic heterocycles. The third-order valence-corrected chi connectivity index (χ3v) is 3.20. The highest BCUT2D eigenvalue weighted by Gasteiger charge is 2.21. The highest BCUT2D eigenvalue weighted by molar-refractivity contribution is 5.88. The molecule has 2 atom stereocenters. The second kappa shape index (κ2) is 6.99. The van der Waals surface area contributed by atoms with Gasteiger partial charge in [0.25, 0.3) is 0 Å². The van der Waals surface area contributed by atoms with Crippen LogP contribution in [0.5, 0.6) is 11.5 Å². The van der Waals surface area contributed by atoms with Crippen LogP contribution in [0.4, 0.5) is 0 Å². The first-order valence-corrected chi connectivity index (χ1v) is 7.28. The zero-order chi connectivity index (χ0) is 16.1. The van der Waals surface area contributed by atoms with E-state index in [1.165, 1.54) is 13.0 Å². The van der Waals surface area contributed by atoms with Crippen LogP contribution in [0.3, 0.4) is 0 Å². The molecule has 1 aromatic rings. The van der Waals surface area contributed by atoms with Crippen molar-refractivity contribution in [2.75, 3.05) is 6.61 Å². The van der Waals surface area contributed by atoms with Crippen molar-refractivity contribution in [3.05, 3.63) is 29.3 Å². The number of carbonyl (C=O) groups excluding carboxylic acids is 1. The van der Waals surface area contributed by atoms with E-state index < -0.39 is 12.1 Å². The number of carbonyl (C=O) groups is 1. The molecule has 0 radical (unpaired) electrons. The lowest BCUT2D eigenvalue weighted by atomic mass is 10.1. The van der Waals surface area contributed by atoms with Crippen molar-refractivity contribution in [2.45, 2.75) is 39.4 Å². The van der Waals surface area contributed by atoms with Crippen molar-refractivity contribution < 1.29 is 19.0 Å². The first-order valence-electron chi connectivity index (χ1n) is 7.28. The summed E-state index contributed by atoms with van der Waals surface area (Å²) in [6.45, 7) is 5.97. The lowest BCUT2D eigenvalue weighted by Gasteiger charge is -2.10. The summed E-state index contributed by atoms with van der Waals surface area (Å²) in [5.74, 6) is 0.956. The Bertz CT molecular complexity index is 630. The number of fused-ring (bicyclic) bond motifs is 1. The minimum atomic E-state index is -0.771. The molecule has 0 aromatic heterocycles. The standard InChI is InChI=1S/C17H19NO4/c1-4-20-15-9-14-7-11(2)21-16(14)8-13(15)5-6-17(19)22-12(3)10-18/h5-6,8-9,11-12H,4,7H2,1-3H3/b6-5+/t11-,12-/m0/s1. The number of rotatable bonds is 5. The second-order valence-electron chi connectivity index (χ2n) is 5.10. The molecule has 0 aliphatic carbocycles. The van der Waals surface area contributed by atoms with Crippen molar-refractivity contribution in [1.29, 1.82) is 5.26 Å². The quantitative estimate of drug-likeness (QED) is 0.618. The largest absolute Gasteiger partial charge is 0.493 e. The van der Waals surface area contributed by atoms with Crippen LogP contribution in [-0.4, -0.2) is 24.8 Å². The van der Waals surface area contributed by atoms with E-state index in [1.54, 1.807) is 6.08 Å². The van der Waals surface area contributed by atoms with E-state index in [2.05, 4.69) is 0 Å². The maximum absolute atomic E-state index is 11.6. The predicted molar refractivity (Wildman–Crippen MR) is 81.6 cm³/mol. The van der Waals surface area contributed by atoms with Crippen molar-refractivity contribution in [3.63, 3.8) is 0 Å². The van der Waals surface area contributed by atoms with E-state index in [4.69, 9.17) is 19.5 Å². The van der Waals surface area contributed by atoms with E-state index in [1.807, 2.05) is 32.0 Å². The fourth-order valence-corrected chi connectivity index (χ4v) is 2.26. The van der Waals surface area contributed by atoms with Gasteiger partial charge in [-0.3, -0.25) is 0 Å². The normalized spacial score (nSPS) is 17.5. The van der Waals surface area contributed by atoms with Gasteiger partial charge in [-0.15, -0.1) is 0 Å². The smallest absolute Gasteiger partial charge is 0.332 e. The lowest BCUT2D eigenvalue weighted by molar-refractivity contribution is -0.139. The fraction of sp³-hybridized carbons (Fsp3) is 0.412. The molecule has 0 saturated heterocycles. The third-order valence-electron chi connectivity index (χ3n) is 3.20. The summed E-state index contributed by atoms with van der Waals surface area (Å²) in [5, 5.41) is 8.63. The van der Waals surface area contributed by atoms with Gasteiger partial charge >= 0.3 is 5.97 Å². The van der Waals surface area contributed by atoms with E-state index in [0.717, 1.165) is 23.3 Å². The topological polar surface area (TPSA) is 68.5 Å². The van der Waals surface area contributed by atoms with E-state index in [0.29, 0.717) is 12.4 Å². The summed E-state index contributed by atoms with van der Waals surface area (Å²) in [6.07, 6.45) is 3.12. The maximum Gasteiger partial charge on any atom is 0.332 e. The molecule has 5 heteroatoms. The van der Waals surface area contributed by atoms with Crippen LogP contribution in [0.2, 0.25) is 0 Å². The molecular weight excluding hydrogens is 282 g/mol. The molecule has 1 aromatic carbocycles. The highest BCUT2D eigenvalue weighted by atomic mass is 16.5. The summed E-state index contributed by atoms with van der Waals surface area (Å²) in [7, 11) is 0. The molecular formula is C17H19NO4. The minimum absolute atomic E-state index is 0.144. The van der Waals surface area contributed by atoms with Crippen LogP contribution in [0.1, 0.15) is 31.9 Å². The second-order valence-corrected chi connectivity index (χ2v) is 5.10. The Hall–Kier alpha value is -2.48. The molecule has 1 aliphatic rings. The van der Waals surface area contributed by atoms with Crippen molar-refractivity contribution in [3.8, 4) is 17.6 Å². The molecule has 0 N–H and O–H groups in total. The number of benzene rings is 1. The van der Waals surface area contributed by atoms with Gasteiger partial charge in [-0.1, -0.05) is 0 Å². The first-order chi connectivity index (χ1) is 10.5. The average molecular weight is 301 g/mol. The van der Waals surface area contributed by atoms with Crippen LogP contribution in [0.25, 0.3) is 6.08 Å². The molecule has 0 unspecified atom stereocenters. The molecule has 0 saturated carbocycles. The zero-order valence-electron chi connectivity index (χ0n) is 13.0. The molecule has 0 fully saturated rings. The minimum Gasteiger partial charge on any atom is -0.493 e. The van der Waals surface area contributed by atoms with Gasteiger partial charge in [-0.25, -0.2) is 4.79 Å². The fourth-order valence-electron chi connectivity index (χ4n) is 2.26. The Labute approximate surface area is 130 Å². The molecule has 0 bridgehead atoms. The van der Waals surface area contributed by atoms with Crippen molar-refractivity contribution in [1.82, 2.24) is 0 Å². The van der Waals surface area contributed by atoms with Gasteiger partial charge in [0.1, 0.15) is 23.7 Å². The maximum atomic E-state index is 11.6. The molecule has 2 rings (SSSR count). The Balaban J connectivity index is 2.21. The van der Waals surface area contributed by atoms with E-state index >= 15 is 0 Å². The van der Waals surface area contributed by atoms with Gasteiger partial charge in [0, 0.05) is 23.6 Å². The van der Waals surface area contributed by atoms with Gasteiger partial charge < -0.3 is 14.2 Å². The molecule has 0 amide bonds. The SMILES string of the molecule is CCOc1cc2c(cc1/C=C/C(=O)O[C@@H](C)C#N)O[C@@H](C)C2. The van der Waals surface area contributed by atoms with Gasteiger partial charge in [-0.2, -0.15) is 5.26 Å². The number of nitriles is 1.